The third kappa shape index (κ3) is 1.20. The lowest BCUT2D eigenvalue weighted by Gasteiger charge is -2.06. The molecule has 0 aromatic heterocycles. The summed E-state index contributed by atoms with van der Waals surface area (Å²) in [7, 11) is 0. The number of rotatable bonds is 1. The minimum Gasteiger partial charge on any atom is -0.329 e. The summed E-state index contributed by atoms with van der Waals surface area (Å²) < 4.78 is 0. The number of amides is 1. The molecule has 0 unspecified atom stereocenters. The maximum absolute atomic E-state index is 10.8. The average molecular weight is 139 g/mol. The van der Waals surface area contributed by atoms with Crippen molar-refractivity contribution in [2.75, 3.05) is 0 Å². The Morgan fingerprint density at radius 3 is 2.30 bits per heavy atom. The van der Waals surface area contributed by atoms with E-state index in [1.54, 1.807) is 0 Å². The smallest absolute Gasteiger partial charge is 0.228 e. The summed E-state index contributed by atoms with van der Waals surface area (Å²) >= 11 is 0. The summed E-state index contributed by atoms with van der Waals surface area (Å²) in [5.41, 5.74) is 2.31. The zero-order valence-electron chi connectivity index (χ0n) is 6.69. The molecule has 10 heavy (non-hydrogen) atoms. The number of carbonyl (C=O) groups excluding carboxylic acids is 1. The Hall–Kier alpha value is -0.790. The molecule has 0 aromatic carbocycles. The normalized spacial score (nSPS) is 18.6. The third-order valence-electron chi connectivity index (χ3n) is 1.74. The van der Waals surface area contributed by atoms with Gasteiger partial charge in [0.1, 0.15) is 0 Å². The molecule has 1 aliphatic rings. The van der Waals surface area contributed by atoms with Crippen LogP contribution in [0.4, 0.5) is 0 Å². The molecule has 1 amide bonds. The van der Waals surface area contributed by atoms with Crippen LogP contribution in [0.1, 0.15) is 27.2 Å². The molecule has 56 valence electrons. The molecule has 0 aliphatic carbocycles. The van der Waals surface area contributed by atoms with E-state index < -0.39 is 0 Å². The minimum absolute atomic E-state index is 0.140. The Bertz CT molecular complexity index is 191. The molecular formula is C8H13NO. The number of carbonyl (C=O) groups is 1. The largest absolute Gasteiger partial charge is 0.329 e. The van der Waals surface area contributed by atoms with Crippen molar-refractivity contribution in [3.8, 4) is 0 Å². The van der Waals surface area contributed by atoms with E-state index in [9.17, 15) is 4.79 Å². The van der Waals surface area contributed by atoms with Gasteiger partial charge >= 0.3 is 0 Å². The Kier molecular flexibility index (Phi) is 1.79. The van der Waals surface area contributed by atoms with Gasteiger partial charge in [0.25, 0.3) is 0 Å². The highest BCUT2D eigenvalue weighted by molar-refractivity contribution is 5.83. The molecule has 0 bridgehead atoms. The van der Waals surface area contributed by atoms with Gasteiger partial charge in [-0.25, -0.2) is 0 Å². The molecular weight excluding hydrogens is 126 g/mol. The van der Waals surface area contributed by atoms with E-state index in [0.29, 0.717) is 12.3 Å². The summed E-state index contributed by atoms with van der Waals surface area (Å²) in [5, 5.41) is 2.84. The quantitative estimate of drug-likeness (QED) is 0.585. The van der Waals surface area contributed by atoms with Crippen LogP contribution in [0.3, 0.4) is 0 Å². The summed E-state index contributed by atoms with van der Waals surface area (Å²) in [6, 6.07) is 0. The Balaban J connectivity index is 2.75. The predicted molar refractivity (Wildman–Crippen MR) is 40.3 cm³/mol. The van der Waals surface area contributed by atoms with Gasteiger partial charge in [-0.15, -0.1) is 0 Å². The highest BCUT2D eigenvalue weighted by Crippen LogP contribution is 2.19. The number of nitrogens with one attached hydrogen (secondary N) is 1. The standard InChI is InChI=1S/C8H13NO/c1-5(2)8-6(3)4-7(10)9-8/h5H,4H2,1-3H3,(H,9,10). The van der Waals surface area contributed by atoms with Gasteiger partial charge in [-0.2, -0.15) is 0 Å². The second-order valence-electron chi connectivity index (χ2n) is 3.07. The van der Waals surface area contributed by atoms with Gasteiger partial charge in [-0.1, -0.05) is 13.8 Å². The molecule has 0 atom stereocenters. The van der Waals surface area contributed by atoms with E-state index in [4.69, 9.17) is 0 Å². The number of allylic oxidation sites excluding steroid dienone is 1. The fraction of sp³-hybridized carbons (Fsp3) is 0.625. The molecule has 0 spiro atoms. The first-order valence-electron chi connectivity index (χ1n) is 3.60. The SMILES string of the molecule is CC1=C(C(C)C)NC(=O)C1. The summed E-state index contributed by atoms with van der Waals surface area (Å²) in [6.07, 6.45) is 0.591. The minimum atomic E-state index is 0.140. The Labute approximate surface area is 61.3 Å². The van der Waals surface area contributed by atoms with Crippen LogP contribution in [0.25, 0.3) is 0 Å². The van der Waals surface area contributed by atoms with Gasteiger partial charge < -0.3 is 5.32 Å². The molecule has 2 heteroatoms. The van der Waals surface area contributed by atoms with Gasteiger partial charge in [-0.05, 0) is 18.4 Å². The van der Waals surface area contributed by atoms with Crippen LogP contribution >= 0.6 is 0 Å². The van der Waals surface area contributed by atoms with E-state index in [-0.39, 0.29) is 5.91 Å². The van der Waals surface area contributed by atoms with Crippen molar-refractivity contribution in [2.24, 2.45) is 5.92 Å². The summed E-state index contributed by atoms with van der Waals surface area (Å²) in [6.45, 7) is 6.18. The van der Waals surface area contributed by atoms with Gasteiger partial charge in [0.2, 0.25) is 5.91 Å². The van der Waals surface area contributed by atoms with Crippen molar-refractivity contribution in [1.82, 2.24) is 5.32 Å². The molecule has 1 rings (SSSR count). The zero-order chi connectivity index (χ0) is 7.72. The second-order valence-corrected chi connectivity index (χ2v) is 3.07. The molecule has 1 aliphatic heterocycles. The van der Waals surface area contributed by atoms with E-state index in [1.165, 1.54) is 5.57 Å². The maximum Gasteiger partial charge on any atom is 0.228 e. The molecule has 1 N–H and O–H groups in total. The first-order chi connectivity index (χ1) is 4.61. The predicted octanol–water partition coefficient (Wildman–Crippen LogP) is 1.44. The van der Waals surface area contributed by atoms with Crippen LogP contribution in [-0.4, -0.2) is 5.91 Å². The third-order valence-corrected chi connectivity index (χ3v) is 1.74. The molecule has 2 nitrogen and oxygen atoms in total. The van der Waals surface area contributed by atoms with Gasteiger partial charge in [0.15, 0.2) is 0 Å². The lowest BCUT2D eigenvalue weighted by Crippen LogP contribution is -2.18. The Morgan fingerprint density at radius 2 is 2.10 bits per heavy atom. The maximum atomic E-state index is 10.8. The number of hydrogen-bond acceptors (Lipinski definition) is 1. The van der Waals surface area contributed by atoms with Crippen LogP contribution in [0.15, 0.2) is 11.3 Å². The topological polar surface area (TPSA) is 29.1 Å². The van der Waals surface area contributed by atoms with Crippen molar-refractivity contribution in [3.63, 3.8) is 0 Å². The first kappa shape index (κ1) is 7.32. The highest BCUT2D eigenvalue weighted by Gasteiger charge is 2.18. The van der Waals surface area contributed by atoms with Crippen LogP contribution in [-0.2, 0) is 4.79 Å². The van der Waals surface area contributed by atoms with Gasteiger partial charge in [0.05, 0.1) is 0 Å². The molecule has 1 heterocycles. The van der Waals surface area contributed by atoms with Crippen molar-refractivity contribution in [3.05, 3.63) is 11.3 Å². The fourth-order valence-corrected chi connectivity index (χ4v) is 1.27. The van der Waals surface area contributed by atoms with E-state index in [0.717, 1.165) is 5.70 Å². The second kappa shape index (κ2) is 2.45. The van der Waals surface area contributed by atoms with Crippen LogP contribution in [0.5, 0.6) is 0 Å². The highest BCUT2D eigenvalue weighted by atomic mass is 16.1. The van der Waals surface area contributed by atoms with Crippen molar-refractivity contribution in [1.29, 1.82) is 0 Å². The monoisotopic (exact) mass is 139 g/mol. The van der Waals surface area contributed by atoms with E-state index >= 15 is 0 Å². The molecule has 0 fully saturated rings. The van der Waals surface area contributed by atoms with Crippen LogP contribution < -0.4 is 5.32 Å². The van der Waals surface area contributed by atoms with Crippen molar-refractivity contribution in [2.45, 2.75) is 27.2 Å². The summed E-state index contributed by atoms with van der Waals surface area (Å²) in [5.74, 6) is 0.590. The van der Waals surface area contributed by atoms with Gasteiger partial charge in [-0.3, -0.25) is 4.79 Å². The fourth-order valence-electron chi connectivity index (χ4n) is 1.27. The molecule has 0 saturated heterocycles. The number of hydrogen-bond donors (Lipinski definition) is 1. The lowest BCUT2D eigenvalue weighted by molar-refractivity contribution is -0.119. The van der Waals surface area contributed by atoms with Crippen LogP contribution in [0.2, 0.25) is 0 Å². The van der Waals surface area contributed by atoms with E-state index in [1.807, 2.05) is 6.92 Å². The van der Waals surface area contributed by atoms with Crippen molar-refractivity contribution < 1.29 is 4.79 Å². The van der Waals surface area contributed by atoms with Gasteiger partial charge in [0, 0.05) is 12.1 Å². The van der Waals surface area contributed by atoms with Crippen LogP contribution in [0, 0.1) is 5.92 Å². The molecule has 0 radical (unpaired) electrons. The van der Waals surface area contributed by atoms with E-state index in [2.05, 4.69) is 19.2 Å². The Morgan fingerprint density at radius 1 is 1.50 bits per heavy atom. The summed E-state index contributed by atoms with van der Waals surface area (Å²) in [4.78, 5) is 10.8. The zero-order valence-corrected chi connectivity index (χ0v) is 6.69. The first-order valence-corrected chi connectivity index (χ1v) is 3.60. The van der Waals surface area contributed by atoms with Crippen molar-refractivity contribution >= 4 is 5.91 Å². The average Bonchev–Trinajstić information content (AvgIpc) is 2.10. The molecule has 0 aromatic rings. The lowest BCUT2D eigenvalue weighted by atomic mass is 10.1. The molecule has 0 saturated carbocycles.